The molecule has 1 N–H and O–H groups in total. The zero-order valence-electron chi connectivity index (χ0n) is 18.0. The first-order chi connectivity index (χ1) is 15.0. The van der Waals surface area contributed by atoms with Crippen LogP contribution < -0.4 is 15.7 Å². The van der Waals surface area contributed by atoms with Crippen LogP contribution in [-0.4, -0.2) is 30.0 Å². The summed E-state index contributed by atoms with van der Waals surface area (Å²) >= 11 is 0. The van der Waals surface area contributed by atoms with Crippen LogP contribution in [0.25, 0.3) is 11.0 Å². The summed E-state index contributed by atoms with van der Waals surface area (Å²) in [6.07, 6.45) is 2.53. The lowest BCUT2D eigenvalue weighted by Gasteiger charge is -2.17. The van der Waals surface area contributed by atoms with E-state index >= 15 is 0 Å². The van der Waals surface area contributed by atoms with Gasteiger partial charge in [0.25, 0.3) is 5.91 Å². The normalized spacial score (nSPS) is 15.2. The van der Waals surface area contributed by atoms with Crippen molar-refractivity contribution >= 4 is 22.6 Å². The SMILES string of the molecule is CCc1cc(=O)oc2cc(OC(C)C(=O)Nc3cccc(CN4CCCC4)c3)ccc12. The van der Waals surface area contributed by atoms with E-state index in [0.29, 0.717) is 11.3 Å². The van der Waals surface area contributed by atoms with Gasteiger partial charge >= 0.3 is 5.63 Å². The number of anilines is 1. The number of rotatable bonds is 7. The number of carbonyl (C=O) groups excluding carboxylic acids is 1. The van der Waals surface area contributed by atoms with Gasteiger partial charge in [-0.25, -0.2) is 4.79 Å². The molecule has 1 amide bonds. The highest BCUT2D eigenvalue weighted by Crippen LogP contribution is 2.24. The van der Waals surface area contributed by atoms with Crippen LogP contribution in [0.15, 0.2) is 57.7 Å². The minimum atomic E-state index is -0.708. The molecule has 6 nitrogen and oxygen atoms in total. The summed E-state index contributed by atoms with van der Waals surface area (Å²) in [5, 5.41) is 3.81. The molecule has 0 bridgehead atoms. The summed E-state index contributed by atoms with van der Waals surface area (Å²) in [5.41, 5.74) is 2.95. The molecule has 0 aliphatic carbocycles. The number of nitrogens with zero attached hydrogens (tertiary/aromatic N) is 1. The minimum Gasteiger partial charge on any atom is -0.481 e. The molecule has 0 spiro atoms. The van der Waals surface area contributed by atoms with E-state index in [1.807, 2.05) is 31.2 Å². The van der Waals surface area contributed by atoms with Gasteiger partial charge < -0.3 is 14.5 Å². The quantitative estimate of drug-likeness (QED) is 0.575. The monoisotopic (exact) mass is 420 g/mol. The predicted molar refractivity (Wildman–Crippen MR) is 122 cm³/mol. The van der Waals surface area contributed by atoms with Crippen LogP contribution in [-0.2, 0) is 17.8 Å². The fourth-order valence-electron chi connectivity index (χ4n) is 4.02. The first-order valence-electron chi connectivity index (χ1n) is 10.9. The van der Waals surface area contributed by atoms with Crippen LogP contribution in [0.1, 0.15) is 37.8 Å². The van der Waals surface area contributed by atoms with Crippen LogP contribution in [0, 0.1) is 0 Å². The molecule has 1 aliphatic rings. The lowest BCUT2D eigenvalue weighted by atomic mass is 10.1. The Morgan fingerprint density at radius 3 is 2.74 bits per heavy atom. The molecule has 0 saturated carbocycles. The molecule has 3 aromatic rings. The van der Waals surface area contributed by atoms with Crippen molar-refractivity contribution in [3.63, 3.8) is 0 Å². The number of ether oxygens (including phenoxy) is 1. The average Bonchev–Trinajstić information content (AvgIpc) is 3.26. The number of benzene rings is 2. The third-order valence-corrected chi connectivity index (χ3v) is 5.66. The van der Waals surface area contributed by atoms with Crippen molar-refractivity contribution < 1.29 is 13.9 Å². The number of hydrogen-bond donors (Lipinski definition) is 1. The topological polar surface area (TPSA) is 71.8 Å². The Morgan fingerprint density at radius 1 is 1.16 bits per heavy atom. The van der Waals surface area contributed by atoms with Crippen molar-refractivity contribution in [2.45, 2.75) is 45.8 Å². The molecule has 1 unspecified atom stereocenters. The number of likely N-dealkylation sites (tertiary alicyclic amines) is 1. The Kier molecular flexibility index (Phi) is 6.37. The second-order valence-corrected chi connectivity index (χ2v) is 8.04. The zero-order chi connectivity index (χ0) is 21.8. The van der Waals surface area contributed by atoms with Crippen LogP contribution >= 0.6 is 0 Å². The van der Waals surface area contributed by atoms with Crippen molar-refractivity contribution in [3.05, 3.63) is 70.1 Å². The van der Waals surface area contributed by atoms with Gasteiger partial charge in [-0.2, -0.15) is 0 Å². The molecule has 2 aromatic carbocycles. The van der Waals surface area contributed by atoms with Gasteiger partial charge in [0.1, 0.15) is 11.3 Å². The van der Waals surface area contributed by atoms with E-state index in [1.165, 1.54) is 24.5 Å². The van der Waals surface area contributed by atoms with Gasteiger partial charge in [0.05, 0.1) is 0 Å². The smallest absolute Gasteiger partial charge is 0.336 e. The molecule has 1 saturated heterocycles. The van der Waals surface area contributed by atoms with Gasteiger partial charge in [-0.3, -0.25) is 9.69 Å². The Balaban J connectivity index is 1.42. The highest BCUT2D eigenvalue weighted by Gasteiger charge is 2.17. The molecule has 162 valence electrons. The van der Waals surface area contributed by atoms with E-state index in [0.717, 1.165) is 42.7 Å². The number of carbonyl (C=O) groups is 1. The Morgan fingerprint density at radius 2 is 1.97 bits per heavy atom. The largest absolute Gasteiger partial charge is 0.481 e. The lowest BCUT2D eigenvalue weighted by molar-refractivity contribution is -0.122. The Labute approximate surface area is 181 Å². The van der Waals surface area contributed by atoms with E-state index in [2.05, 4.69) is 16.3 Å². The van der Waals surface area contributed by atoms with Crippen LogP contribution in [0.3, 0.4) is 0 Å². The Hall–Kier alpha value is -3.12. The van der Waals surface area contributed by atoms with Gasteiger partial charge in [-0.05, 0) is 74.7 Å². The minimum absolute atomic E-state index is 0.234. The second kappa shape index (κ2) is 9.35. The van der Waals surface area contributed by atoms with Gasteiger partial charge in [-0.15, -0.1) is 0 Å². The molecule has 1 atom stereocenters. The highest BCUT2D eigenvalue weighted by molar-refractivity contribution is 5.94. The fourth-order valence-corrected chi connectivity index (χ4v) is 4.02. The number of nitrogens with one attached hydrogen (secondary N) is 1. The Bertz CT molecular complexity index is 1130. The maximum Gasteiger partial charge on any atom is 0.336 e. The average molecular weight is 421 g/mol. The van der Waals surface area contributed by atoms with Gasteiger partial charge in [0.2, 0.25) is 0 Å². The summed E-state index contributed by atoms with van der Waals surface area (Å²) in [6, 6.07) is 14.8. The fraction of sp³-hybridized carbons (Fsp3) is 0.360. The third kappa shape index (κ3) is 5.14. The van der Waals surface area contributed by atoms with Crippen LogP contribution in [0.2, 0.25) is 0 Å². The molecule has 2 heterocycles. The zero-order valence-corrected chi connectivity index (χ0v) is 18.0. The highest BCUT2D eigenvalue weighted by atomic mass is 16.5. The van der Waals surface area contributed by atoms with Crippen LogP contribution in [0.5, 0.6) is 5.75 Å². The van der Waals surface area contributed by atoms with Crippen molar-refractivity contribution in [2.24, 2.45) is 0 Å². The lowest BCUT2D eigenvalue weighted by Crippen LogP contribution is -2.30. The van der Waals surface area contributed by atoms with E-state index in [9.17, 15) is 9.59 Å². The third-order valence-electron chi connectivity index (χ3n) is 5.66. The van der Waals surface area contributed by atoms with Crippen molar-refractivity contribution in [1.29, 1.82) is 0 Å². The van der Waals surface area contributed by atoms with Crippen molar-refractivity contribution in [3.8, 4) is 5.75 Å². The molecule has 31 heavy (non-hydrogen) atoms. The van der Waals surface area contributed by atoms with Crippen molar-refractivity contribution in [1.82, 2.24) is 4.90 Å². The van der Waals surface area contributed by atoms with Gasteiger partial charge in [0.15, 0.2) is 6.10 Å². The molecule has 1 aromatic heterocycles. The van der Waals surface area contributed by atoms with E-state index in [-0.39, 0.29) is 11.5 Å². The van der Waals surface area contributed by atoms with Gasteiger partial charge in [-0.1, -0.05) is 19.1 Å². The standard InChI is InChI=1S/C25H28N2O4/c1-3-19-14-24(28)31-23-15-21(9-10-22(19)23)30-17(2)25(29)26-20-8-6-7-18(13-20)16-27-11-4-5-12-27/h6-10,13-15,17H,3-5,11-12,16H2,1-2H3,(H,26,29). The van der Waals surface area contributed by atoms with E-state index < -0.39 is 6.10 Å². The molecule has 0 radical (unpaired) electrons. The maximum atomic E-state index is 12.7. The number of fused-ring (bicyclic) bond motifs is 1. The number of aryl methyl sites for hydroxylation is 1. The molecule has 1 fully saturated rings. The summed E-state index contributed by atoms with van der Waals surface area (Å²) in [5.74, 6) is 0.247. The van der Waals surface area contributed by atoms with Crippen molar-refractivity contribution in [2.75, 3.05) is 18.4 Å². The van der Waals surface area contributed by atoms with E-state index in [1.54, 1.807) is 19.1 Å². The van der Waals surface area contributed by atoms with E-state index in [4.69, 9.17) is 9.15 Å². The summed E-state index contributed by atoms with van der Waals surface area (Å²) < 4.78 is 11.1. The second-order valence-electron chi connectivity index (χ2n) is 8.04. The number of amides is 1. The first-order valence-corrected chi connectivity index (χ1v) is 10.9. The molecule has 4 rings (SSSR count). The maximum absolute atomic E-state index is 12.7. The number of hydrogen-bond acceptors (Lipinski definition) is 5. The predicted octanol–water partition coefficient (Wildman–Crippen LogP) is 4.36. The molecular weight excluding hydrogens is 392 g/mol. The first kappa shape index (κ1) is 21.1. The van der Waals surface area contributed by atoms with Crippen LogP contribution in [0.4, 0.5) is 5.69 Å². The molecular formula is C25H28N2O4. The summed E-state index contributed by atoms with van der Waals surface area (Å²) in [4.78, 5) is 26.9. The summed E-state index contributed by atoms with van der Waals surface area (Å²) in [7, 11) is 0. The van der Waals surface area contributed by atoms with Gasteiger partial charge in [0, 0.05) is 29.8 Å². The molecule has 6 heteroatoms. The summed E-state index contributed by atoms with van der Waals surface area (Å²) in [6.45, 7) is 6.86. The molecule has 1 aliphatic heterocycles.